The van der Waals surface area contributed by atoms with Crippen LogP contribution in [0.2, 0.25) is 0 Å². The van der Waals surface area contributed by atoms with Crippen LogP contribution in [0.4, 0.5) is 0 Å². The molecule has 0 N–H and O–H groups in total. The highest BCUT2D eigenvalue weighted by Crippen LogP contribution is 2.39. The lowest BCUT2D eigenvalue weighted by Crippen LogP contribution is -2.37. The van der Waals surface area contributed by atoms with Gasteiger partial charge in [0.1, 0.15) is 10.7 Å². The van der Waals surface area contributed by atoms with Gasteiger partial charge in [-0.1, -0.05) is 17.7 Å². The van der Waals surface area contributed by atoms with Gasteiger partial charge in [-0.2, -0.15) is 0 Å². The number of allylic oxidation sites excluding steroid dienone is 3. The third-order valence-electron chi connectivity index (χ3n) is 2.21. The Kier molecular flexibility index (Phi) is 3.26. The van der Waals surface area contributed by atoms with Crippen molar-refractivity contribution < 1.29 is 9.59 Å². The smallest absolute Gasteiger partial charge is 0.209 e. The lowest BCUT2D eigenvalue weighted by Gasteiger charge is -2.18. The molecule has 0 aromatic carbocycles. The number of halogens is 2. The Bertz CT molecular complexity index is 374. The second kappa shape index (κ2) is 3.99. The fraction of sp³-hybridized carbons (Fsp3) is 0.400. The summed E-state index contributed by atoms with van der Waals surface area (Å²) in [5, 5.41) is -0.0955. The predicted octanol–water partition coefficient (Wildman–Crippen LogP) is 1.70. The van der Waals surface area contributed by atoms with E-state index in [1.165, 1.54) is 11.0 Å². The lowest BCUT2D eigenvalue weighted by molar-refractivity contribution is -0.124. The summed E-state index contributed by atoms with van der Waals surface area (Å²) >= 11 is 11.8. The van der Waals surface area contributed by atoms with Crippen LogP contribution in [-0.2, 0) is 9.59 Å². The van der Waals surface area contributed by atoms with E-state index in [2.05, 4.69) is 6.58 Å². The standard InChI is InChI=1S/C10H11Cl2NO2/c1-4-5-10(12)8(14)6(11)7(9(10)15)13(2)3/h4H,1,5H2,2-3H3. The Morgan fingerprint density at radius 1 is 1.40 bits per heavy atom. The van der Waals surface area contributed by atoms with Crippen LogP contribution in [0.1, 0.15) is 6.42 Å². The Balaban J connectivity index is 3.22. The number of alkyl halides is 1. The van der Waals surface area contributed by atoms with Crippen molar-refractivity contribution in [1.29, 1.82) is 0 Å². The highest BCUT2D eigenvalue weighted by Gasteiger charge is 2.52. The van der Waals surface area contributed by atoms with Crippen LogP contribution in [0.15, 0.2) is 23.4 Å². The average Bonchev–Trinajstić information content (AvgIpc) is 2.30. The third-order valence-corrected chi connectivity index (χ3v) is 3.06. The van der Waals surface area contributed by atoms with Gasteiger partial charge in [0, 0.05) is 14.1 Å². The maximum atomic E-state index is 11.9. The summed E-state index contributed by atoms with van der Waals surface area (Å²) in [6.45, 7) is 3.47. The van der Waals surface area contributed by atoms with Gasteiger partial charge in [-0.25, -0.2) is 0 Å². The van der Waals surface area contributed by atoms with Crippen molar-refractivity contribution in [2.24, 2.45) is 0 Å². The first-order chi connectivity index (χ1) is 6.86. The molecule has 82 valence electrons. The summed E-state index contributed by atoms with van der Waals surface area (Å²) in [7, 11) is 3.28. The van der Waals surface area contributed by atoms with Gasteiger partial charge in [0.25, 0.3) is 0 Å². The maximum Gasteiger partial charge on any atom is 0.209 e. The molecule has 3 nitrogen and oxygen atoms in total. The van der Waals surface area contributed by atoms with Gasteiger partial charge >= 0.3 is 0 Å². The Labute approximate surface area is 98.3 Å². The van der Waals surface area contributed by atoms with Crippen molar-refractivity contribution >= 4 is 34.8 Å². The van der Waals surface area contributed by atoms with Crippen molar-refractivity contribution in [3.05, 3.63) is 23.4 Å². The van der Waals surface area contributed by atoms with E-state index in [4.69, 9.17) is 23.2 Å². The molecule has 1 aliphatic rings. The van der Waals surface area contributed by atoms with E-state index in [9.17, 15) is 9.59 Å². The molecule has 0 heterocycles. The van der Waals surface area contributed by atoms with Crippen LogP contribution in [-0.4, -0.2) is 35.4 Å². The third kappa shape index (κ3) is 1.70. The molecule has 0 amide bonds. The SMILES string of the molecule is C=CCC1(Cl)C(=O)C(Cl)=C(N(C)C)C1=O. The van der Waals surface area contributed by atoms with Crippen LogP contribution in [0.3, 0.4) is 0 Å². The van der Waals surface area contributed by atoms with Gasteiger partial charge in [0.15, 0.2) is 4.87 Å². The summed E-state index contributed by atoms with van der Waals surface area (Å²) in [5.74, 6) is -0.997. The molecule has 15 heavy (non-hydrogen) atoms. The van der Waals surface area contributed by atoms with Crippen molar-refractivity contribution in [1.82, 2.24) is 4.90 Å². The van der Waals surface area contributed by atoms with Gasteiger partial charge in [-0.15, -0.1) is 18.2 Å². The zero-order valence-electron chi connectivity index (χ0n) is 8.51. The number of ketones is 2. The molecule has 1 aliphatic carbocycles. The fourth-order valence-corrected chi connectivity index (χ4v) is 2.21. The second-order valence-electron chi connectivity index (χ2n) is 3.51. The van der Waals surface area contributed by atoms with E-state index in [0.29, 0.717) is 0 Å². The van der Waals surface area contributed by atoms with Crippen molar-refractivity contribution in [2.75, 3.05) is 14.1 Å². The largest absolute Gasteiger partial charge is 0.373 e. The molecule has 1 atom stereocenters. The lowest BCUT2D eigenvalue weighted by atomic mass is 9.99. The molecule has 5 heteroatoms. The quantitative estimate of drug-likeness (QED) is 0.433. The summed E-state index contributed by atoms with van der Waals surface area (Å²) in [6, 6.07) is 0. The van der Waals surface area contributed by atoms with Crippen molar-refractivity contribution in [3.63, 3.8) is 0 Å². The van der Waals surface area contributed by atoms with Gasteiger partial charge < -0.3 is 4.90 Å². The van der Waals surface area contributed by atoms with Gasteiger partial charge in [-0.05, 0) is 6.42 Å². The van der Waals surface area contributed by atoms with Crippen LogP contribution < -0.4 is 0 Å². The molecular weight excluding hydrogens is 237 g/mol. The molecular formula is C10H11Cl2NO2. The minimum absolute atomic E-state index is 0.0831. The van der Waals surface area contributed by atoms with E-state index in [-0.39, 0.29) is 17.2 Å². The number of rotatable bonds is 3. The van der Waals surface area contributed by atoms with Crippen LogP contribution in [0.5, 0.6) is 0 Å². The fourth-order valence-electron chi connectivity index (χ4n) is 1.46. The zero-order chi connectivity index (χ0) is 11.8. The van der Waals surface area contributed by atoms with E-state index >= 15 is 0 Å². The molecule has 0 saturated carbocycles. The second-order valence-corrected chi connectivity index (χ2v) is 4.53. The van der Waals surface area contributed by atoms with E-state index < -0.39 is 16.4 Å². The molecule has 1 unspecified atom stereocenters. The molecule has 0 fully saturated rings. The Morgan fingerprint density at radius 2 is 1.93 bits per heavy atom. The summed E-state index contributed by atoms with van der Waals surface area (Å²) < 4.78 is 0. The number of carbonyl (C=O) groups is 2. The summed E-state index contributed by atoms with van der Waals surface area (Å²) in [4.78, 5) is 23.5. The first-order valence-electron chi connectivity index (χ1n) is 4.32. The van der Waals surface area contributed by atoms with Crippen molar-refractivity contribution in [2.45, 2.75) is 11.3 Å². The molecule has 0 saturated heterocycles. The van der Waals surface area contributed by atoms with Crippen molar-refractivity contribution in [3.8, 4) is 0 Å². The number of carbonyl (C=O) groups excluding carboxylic acids is 2. The predicted molar refractivity (Wildman–Crippen MR) is 60.0 cm³/mol. The topological polar surface area (TPSA) is 37.4 Å². The number of nitrogens with zero attached hydrogens (tertiary/aromatic N) is 1. The molecule has 1 rings (SSSR count). The number of Topliss-reactive ketones (excluding diaryl/α,β-unsaturated/α-hetero) is 2. The van der Waals surface area contributed by atoms with Gasteiger partial charge in [0.2, 0.25) is 11.6 Å². The minimum Gasteiger partial charge on any atom is -0.373 e. The highest BCUT2D eigenvalue weighted by molar-refractivity contribution is 6.62. The van der Waals surface area contributed by atoms with Crippen LogP contribution >= 0.6 is 23.2 Å². The first kappa shape index (κ1) is 12.3. The highest BCUT2D eigenvalue weighted by atomic mass is 35.5. The summed E-state index contributed by atoms with van der Waals surface area (Å²) in [6.07, 6.45) is 1.52. The van der Waals surface area contributed by atoms with E-state index in [1.54, 1.807) is 14.1 Å². The van der Waals surface area contributed by atoms with Gasteiger partial charge in [0.05, 0.1) is 0 Å². The number of hydrogen-bond acceptors (Lipinski definition) is 3. The average molecular weight is 248 g/mol. The van der Waals surface area contributed by atoms with E-state index in [0.717, 1.165) is 0 Å². The normalized spacial score (nSPS) is 26.1. The molecule has 0 aliphatic heterocycles. The Hall–Kier alpha value is -0.800. The van der Waals surface area contributed by atoms with Crippen LogP contribution in [0, 0.1) is 0 Å². The summed E-state index contributed by atoms with van der Waals surface area (Å²) in [5.41, 5.74) is 0.165. The van der Waals surface area contributed by atoms with Gasteiger partial charge in [-0.3, -0.25) is 9.59 Å². The first-order valence-corrected chi connectivity index (χ1v) is 5.08. The molecule has 0 radical (unpaired) electrons. The molecule has 0 bridgehead atoms. The monoisotopic (exact) mass is 247 g/mol. The molecule has 0 spiro atoms. The maximum absolute atomic E-state index is 11.9. The molecule has 0 aromatic rings. The number of likely N-dealkylation sites (N-methyl/N-ethyl adjacent to an activating group) is 1. The van der Waals surface area contributed by atoms with E-state index in [1.807, 2.05) is 0 Å². The minimum atomic E-state index is -1.58. The number of hydrogen-bond donors (Lipinski definition) is 0. The molecule has 0 aromatic heterocycles. The van der Waals surface area contributed by atoms with Crippen LogP contribution in [0.25, 0.3) is 0 Å². The zero-order valence-corrected chi connectivity index (χ0v) is 10.0. The Morgan fingerprint density at radius 3 is 2.27 bits per heavy atom.